The fourth-order valence-electron chi connectivity index (χ4n) is 2.35. The maximum Gasteiger partial charge on any atom is 0.269 e. The summed E-state index contributed by atoms with van der Waals surface area (Å²) in [5.41, 5.74) is 1.98. The molecule has 0 saturated carbocycles. The fourth-order valence-corrected chi connectivity index (χ4v) is 3.39. The number of nitriles is 1. The molecule has 5 heteroatoms. The summed E-state index contributed by atoms with van der Waals surface area (Å²) >= 11 is 1.35. The number of aromatic nitrogens is 2. The highest BCUT2D eigenvalue weighted by Crippen LogP contribution is 2.17. The van der Waals surface area contributed by atoms with E-state index in [2.05, 4.69) is 4.98 Å². The van der Waals surface area contributed by atoms with Crippen molar-refractivity contribution in [2.24, 2.45) is 0 Å². The molecule has 3 rings (SSSR count). The number of H-pyrrole nitrogens is 1. The third-order valence-electron chi connectivity index (χ3n) is 3.35. The molecule has 0 fully saturated rings. The van der Waals surface area contributed by atoms with E-state index in [0.29, 0.717) is 15.7 Å². The van der Waals surface area contributed by atoms with Gasteiger partial charge in [0.2, 0.25) is 0 Å². The largest absolute Gasteiger partial charge is 0.361 e. The fraction of sp³-hybridized carbons (Fsp3) is 0.125. The molecule has 2 aromatic heterocycles. The number of hydrogen-bond donors (Lipinski definition) is 1. The molecular formula is C16H13N3OS. The number of nitrogens with zero attached hydrogens (tertiary/aromatic N) is 2. The molecule has 0 saturated heterocycles. The number of nitrogens with one attached hydrogen (secondary N) is 1. The van der Waals surface area contributed by atoms with Crippen LogP contribution in [0.4, 0.5) is 0 Å². The van der Waals surface area contributed by atoms with Gasteiger partial charge in [-0.15, -0.1) is 11.3 Å². The molecule has 21 heavy (non-hydrogen) atoms. The summed E-state index contributed by atoms with van der Waals surface area (Å²) in [6.45, 7) is 2.46. The highest BCUT2D eigenvalue weighted by Gasteiger charge is 2.04. The summed E-state index contributed by atoms with van der Waals surface area (Å²) in [6, 6.07) is 9.96. The summed E-state index contributed by atoms with van der Waals surface area (Å²) in [4.78, 5) is 15.6. The number of para-hydroxylation sites is 1. The first kappa shape index (κ1) is 13.4. The van der Waals surface area contributed by atoms with Crippen LogP contribution >= 0.6 is 11.3 Å². The van der Waals surface area contributed by atoms with Crippen LogP contribution in [0, 0.1) is 11.3 Å². The third-order valence-corrected chi connectivity index (χ3v) is 4.41. The van der Waals surface area contributed by atoms with Crippen molar-refractivity contribution in [1.82, 2.24) is 9.55 Å². The van der Waals surface area contributed by atoms with Crippen LogP contribution in [0.1, 0.15) is 12.5 Å². The molecule has 104 valence electrons. The van der Waals surface area contributed by atoms with Gasteiger partial charge in [-0.05, 0) is 19.1 Å². The second-order valence-corrected chi connectivity index (χ2v) is 5.62. The molecule has 1 aromatic carbocycles. The van der Waals surface area contributed by atoms with E-state index in [0.717, 1.165) is 16.5 Å². The van der Waals surface area contributed by atoms with Crippen molar-refractivity contribution in [2.45, 2.75) is 13.5 Å². The van der Waals surface area contributed by atoms with Crippen molar-refractivity contribution in [3.05, 3.63) is 55.6 Å². The molecule has 1 N–H and O–H groups in total. The summed E-state index contributed by atoms with van der Waals surface area (Å²) in [6.07, 6.45) is 5.20. The lowest BCUT2D eigenvalue weighted by molar-refractivity contribution is 0.723. The van der Waals surface area contributed by atoms with Crippen LogP contribution < -0.4 is 14.8 Å². The zero-order valence-electron chi connectivity index (χ0n) is 11.5. The van der Waals surface area contributed by atoms with E-state index in [1.807, 2.05) is 49.5 Å². The Labute approximate surface area is 124 Å². The number of aromatic amines is 1. The predicted molar refractivity (Wildman–Crippen MR) is 85.4 cm³/mol. The van der Waals surface area contributed by atoms with Crippen molar-refractivity contribution in [1.29, 1.82) is 5.26 Å². The topological polar surface area (TPSA) is 61.6 Å². The van der Waals surface area contributed by atoms with Crippen LogP contribution in [-0.4, -0.2) is 9.55 Å². The summed E-state index contributed by atoms with van der Waals surface area (Å²) in [7, 11) is 0. The Bertz CT molecular complexity index is 1010. The minimum Gasteiger partial charge on any atom is -0.361 e. The number of benzene rings is 1. The van der Waals surface area contributed by atoms with Gasteiger partial charge in [0.25, 0.3) is 5.56 Å². The van der Waals surface area contributed by atoms with Gasteiger partial charge < -0.3 is 4.98 Å². The predicted octanol–water partition coefficient (Wildman–Crippen LogP) is 1.54. The second kappa shape index (κ2) is 5.43. The minimum absolute atomic E-state index is 0.0470. The SMILES string of the molecule is CCn1c(=O)/c(=C/c2c[nH]c3ccccc23)s/c1=C/C#N. The molecule has 0 unspecified atom stereocenters. The van der Waals surface area contributed by atoms with E-state index < -0.39 is 0 Å². The van der Waals surface area contributed by atoms with Gasteiger partial charge in [-0.2, -0.15) is 5.26 Å². The van der Waals surface area contributed by atoms with Gasteiger partial charge in [-0.3, -0.25) is 9.36 Å². The molecule has 0 aliphatic carbocycles. The average Bonchev–Trinajstić information content (AvgIpc) is 3.03. The minimum atomic E-state index is -0.0470. The number of thiazole rings is 1. The molecule has 0 bridgehead atoms. The molecule has 4 nitrogen and oxygen atoms in total. The smallest absolute Gasteiger partial charge is 0.269 e. The first-order chi connectivity index (χ1) is 10.2. The first-order valence-corrected chi connectivity index (χ1v) is 7.43. The van der Waals surface area contributed by atoms with E-state index in [1.54, 1.807) is 4.57 Å². The van der Waals surface area contributed by atoms with Gasteiger partial charge in [0.05, 0.1) is 10.6 Å². The van der Waals surface area contributed by atoms with Crippen molar-refractivity contribution in [3.63, 3.8) is 0 Å². The monoisotopic (exact) mass is 295 g/mol. The van der Waals surface area contributed by atoms with Gasteiger partial charge >= 0.3 is 0 Å². The molecule has 3 aromatic rings. The molecule has 0 atom stereocenters. The molecule has 0 aliphatic rings. The number of rotatable bonds is 2. The number of hydrogen-bond acceptors (Lipinski definition) is 3. The molecule has 0 aliphatic heterocycles. The standard InChI is InChI=1S/C16H13N3OS/c1-2-19-15(7-8-17)21-14(16(19)20)9-11-10-18-13-6-4-3-5-12(11)13/h3-7,9-10,18H,2H2,1H3/b14-9-,15-7+. The van der Waals surface area contributed by atoms with Gasteiger partial charge in [0.1, 0.15) is 4.66 Å². The van der Waals surface area contributed by atoms with E-state index >= 15 is 0 Å². The van der Waals surface area contributed by atoms with Crippen molar-refractivity contribution < 1.29 is 0 Å². The molecule has 0 radical (unpaired) electrons. The van der Waals surface area contributed by atoms with Crippen molar-refractivity contribution in [3.8, 4) is 6.07 Å². The van der Waals surface area contributed by atoms with Gasteiger partial charge in [-0.25, -0.2) is 0 Å². The molecule has 0 spiro atoms. The maximum absolute atomic E-state index is 12.4. The van der Waals surface area contributed by atoms with Crippen LogP contribution in [0.25, 0.3) is 23.1 Å². The molecular weight excluding hydrogens is 282 g/mol. The Morgan fingerprint density at radius 1 is 1.43 bits per heavy atom. The van der Waals surface area contributed by atoms with Gasteiger partial charge in [0.15, 0.2) is 0 Å². The Kier molecular flexibility index (Phi) is 3.46. The summed E-state index contributed by atoms with van der Waals surface area (Å²) in [5, 5.41) is 9.89. The zero-order valence-corrected chi connectivity index (χ0v) is 12.3. The summed E-state index contributed by atoms with van der Waals surface area (Å²) < 4.78 is 2.95. The Morgan fingerprint density at radius 2 is 2.24 bits per heavy atom. The van der Waals surface area contributed by atoms with Crippen LogP contribution in [0.3, 0.4) is 0 Å². The van der Waals surface area contributed by atoms with Gasteiger partial charge in [0, 0.05) is 35.3 Å². The lowest BCUT2D eigenvalue weighted by atomic mass is 10.2. The Hall–Kier alpha value is -2.58. The lowest BCUT2D eigenvalue weighted by Gasteiger charge is -1.91. The normalized spacial score (nSPS) is 13.0. The van der Waals surface area contributed by atoms with Crippen LogP contribution in [0.2, 0.25) is 0 Å². The van der Waals surface area contributed by atoms with Crippen molar-refractivity contribution >= 4 is 34.4 Å². The first-order valence-electron chi connectivity index (χ1n) is 6.62. The lowest BCUT2D eigenvalue weighted by Crippen LogP contribution is -2.30. The van der Waals surface area contributed by atoms with Crippen LogP contribution in [0.5, 0.6) is 0 Å². The molecule has 0 amide bonds. The van der Waals surface area contributed by atoms with Crippen LogP contribution in [-0.2, 0) is 6.54 Å². The molecule has 2 heterocycles. The summed E-state index contributed by atoms with van der Waals surface area (Å²) in [5.74, 6) is 0. The maximum atomic E-state index is 12.4. The van der Waals surface area contributed by atoms with Crippen LogP contribution in [0.15, 0.2) is 35.3 Å². The highest BCUT2D eigenvalue weighted by molar-refractivity contribution is 7.07. The van der Waals surface area contributed by atoms with E-state index in [9.17, 15) is 4.79 Å². The third kappa shape index (κ3) is 2.30. The number of fused-ring (bicyclic) bond motifs is 1. The van der Waals surface area contributed by atoms with Crippen molar-refractivity contribution in [2.75, 3.05) is 0 Å². The Balaban J connectivity index is 2.28. The van der Waals surface area contributed by atoms with E-state index in [4.69, 9.17) is 5.26 Å². The second-order valence-electron chi connectivity index (χ2n) is 4.56. The van der Waals surface area contributed by atoms with Gasteiger partial charge in [-0.1, -0.05) is 18.2 Å². The average molecular weight is 295 g/mol. The van der Waals surface area contributed by atoms with E-state index in [-0.39, 0.29) is 5.56 Å². The quantitative estimate of drug-likeness (QED) is 0.779. The highest BCUT2D eigenvalue weighted by atomic mass is 32.1. The Morgan fingerprint density at radius 3 is 3.00 bits per heavy atom. The van der Waals surface area contributed by atoms with E-state index in [1.165, 1.54) is 17.4 Å². The zero-order chi connectivity index (χ0) is 14.8.